The molecule has 1 heterocycles. The standard InChI is InChI=1S/C19H20ClN3O2S2/c20-14-5-7-15(8-6-14)27-13-18(24)22-19(26)21-16-3-1-2-4-17(16)23-9-11-25-12-10-23/h1-8H,9-13H2,(H2,21,22,24,26). The van der Waals surface area contributed by atoms with Crippen molar-refractivity contribution in [2.45, 2.75) is 4.90 Å². The first-order chi connectivity index (χ1) is 13.1. The second kappa shape index (κ2) is 9.94. The van der Waals surface area contributed by atoms with Crippen molar-refractivity contribution >= 4 is 58.0 Å². The van der Waals surface area contributed by atoms with Crippen LogP contribution in [-0.2, 0) is 9.53 Å². The molecule has 0 spiro atoms. The van der Waals surface area contributed by atoms with Crippen molar-refractivity contribution in [3.05, 3.63) is 53.6 Å². The summed E-state index contributed by atoms with van der Waals surface area (Å²) in [6.45, 7) is 3.07. The van der Waals surface area contributed by atoms with Gasteiger partial charge < -0.3 is 20.3 Å². The number of rotatable bonds is 5. The fourth-order valence-corrected chi connectivity index (χ4v) is 3.70. The van der Waals surface area contributed by atoms with Crippen LogP contribution in [0.25, 0.3) is 0 Å². The lowest BCUT2D eigenvalue weighted by Gasteiger charge is -2.30. The van der Waals surface area contributed by atoms with Crippen LogP contribution in [0.3, 0.4) is 0 Å². The van der Waals surface area contributed by atoms with Gasteiger partial charge in [-0.3, -0.25) is 4.79 Å². The number of nitrogens with zero attached hydrogens (tertiary/aromatic N) is 1. The zero-order valence-electron chi connectivity index (χ0n) is 14.6. The van der Waals surface area contributed by atoms with E-state index < -0.39 is 0 Å². The summed E-state index contributed by atoms with van der Waals surface area (Å²) in [5.41, 5.74) is 1.92. The monoisotopic (exact) mass is 421 g/mol. The summed E-state index contributed by atoms with van der Waals surface area (Å²) < 4.78 is 5.41. The minimum Gasteiger partial charge on any atom is -0.378 e. The van der Waals surface area contributed by atoms with Gasteiger partial charge in [0.2, 0.25) is 5.91 Å². The average molecular weight is 422 g/mol. The number of hydrogen-bond donors (Lipinski definition) is 2. The Labute approximate surface area is 173 Å². The predicted molar refractivity (Wildman–Crippen MR) is 116 cm³/mol. The molecule has 0 aliphatic carbocycles. The van der Waals surface area contributed by atoms with Crippen LogP contribution in [0, 0.1) is 0 Å². The molecule has 1 aliphatic heterocycles. The molecule has 1 fully saturated rings. The van der Waals surface area contributed by atoms with Crippen molar-refractivity contribution < 1.29 is 9.53 Å². The molecular formula is C19H20ClN3O2S2. The summed E-state index contributed by atoms with van der Waals surface area (Å²) in [5.74, 6) is 0.116. The number of hydrogen-bond acceptors (Lipinski definition) is 5. The van der Waals surface area contributed by atoms with E-state index in [9.17, 15) is 4.79 Å². The zero-order valence-corrected chi connectivity index (χ0v) is 17.0. The van der Waals surface area contributed by atoms with E-state index in [0.717, 1.165) is 29.4 Å². The lowest BCUT2D eigenvalue weighted by molar-refractivity contribution is -0.117. The maximum atomic E-state index is 12.2. The van der Waals surface area contributed by atoms with E-state index in [1.54, 1.807) is 12.1 Å². The molecule has 1 aliphatic rings. The molecule has 1 amide bonds. The van der Waals surface area contributed by atoms with Gasteiger partial charge in [0, 0.05) is 23.0 Å². The first-order valence-electron chi connectivity index (χ1n) is 8.53. The van der Waals surface area contributed by atoms with Gasteiger partial charge in [-0.25, -0.2) is 0 Å². The Bertz CT molecular complexity index is 796. The SMILES string of the molecule is O=C(CSc1ccc(Cl)cc1)NC(=S)Nc1ccccc1N1CCOCC1. The number of anilines is 2. The summed E-state index contributed by atoms with van der Waals surface area (Å²) >= 11 is 12.6. The van der Waals surface area contributed by atoms with Gasteiger partial charge in [0.25, 0.3) is 0 Å². The lowest BCUT2D eigenvalue weighted by Crippen LogP contribution is -2.38. The summed E-state index contributed by atoms with van der Waals surface area (Å²) in [6.07, 6.45) is 0. The third-order valence-electron chi connectivity index (χ3n) is 3.94. The highest BCUT2D eigenvalue weighted by molar-refractivity contribution is 8.00. The van der Waals surface area contributed by atoms with Crippen molar-refractivity contribution in [3.63, 3.8) is 0 Å². The van der Waals surface area contributed by atoms with Crippen molar-refractivity contribution in [1.82, 2.24) is 5.32 Å². The van der Waals surface area contributed by atoms with Crippen LogP contribution in [0.4, 0.5) is 11.4 Å². The molecular weight excluding hydrogens is 402 g/mol. The van der Waals surface area contributed by atoms with Gasteiger partial charge in [0.15, 0.2) is 5.11 Å². The van der Waals surface area contributed by atoms with E-state index in [1.807, 2.05) is 36.4 Å². The Balaban J connectivity index is 1.53. The van der Waals surface area contributed by atoms with E-state index in [4.69, 9.17) is 28.6 Å². The molecule has 8 heteroatoms. The van der Waals surface area contributed by atoms with Crippen LogP contribution in [0.2, 0.25) is 5.02 Å². The minimum absolute atomic E-state index is 0.156. The van der Waals surface area contributed by atoms with Crippen LogP contribution in [0.1, 0.15) is 0 Å². The number of carbonyl (C=O) groups excluding carboxylic acids is 1. The smallest absolute Gasteiger partial charge is 0.236 e. The van der Waals surface area contributed by atoms with Crippen LogP contribution >= 0.6 is 35.6 Å². The Hall–Kier alpha value is -1.80. The number of benzene rings is 2. The molecule has 0 aromatic heterocycles. The highest BCUT2D eigenvalue weighted by Crippen LogP contribution is 2.26. The molecule has 0 radical (unpaired) electrons. The maximum Gasteiger partial charge on any atom is 0.236 e. The summed E-state index contributed by atoms with van der Waals surface area (Å²) in [6, 6.07) is 15.3. The Kier molecular flexibility index (Phi) is 7.34. The highest BCUT2D eigenvalue weighted by atomic mass is 35.5. The van der Waals surface area contributed by atoms with Gasteiger partial charge in [-0.05, 0) is 48.6 Å². The van der Waals surface area contributed by atoms with E-state index in [2.05, 4.69) is 15.5 Å². The molecule has 27 heavy (non-hydrogen) atoms. The van der Waals surface area contributed by atoms with Gasteiger partial charge in [0.1, 0.15) is 0 Å². The number of ether oxygens (including phenoxy) is 1. The molecule has 5 nitrogen and oxygen atoms in total. The summed E-state index contributed by atoms with van der Waals surface area (Å²) in [5, 5.41) is 6.83. The van der Waals surface area contributed by atoms with Crippen molar-refractivity contribution in [3.8, 4) is 0 Å². The van der Waals surface area contributed by atoms with Crippen molar-refractivity contribution in [1.29, 1.82) is 0 Å². The van der Waals surface area contributed by atoms with E-state index in [1.165, 1.54) is 11.8 Å². The number of nitrogens with one attached hydrogen (secondary N) is 2. The predicted octanol–water partition coefficient (Wildman–Crippen LogP) is 3.78. The average Bonchev–Trinajstić information content (AvgIpc) is 2.68. The van der Waals surface area contributed by atoms with Gasteiger partial charge >= 0.3 is 0 Å². The quantitative estimate of drug-likeness (QED) is 0.566. The second-order valence-electron chi connectivity index (χ2n) is 5.86. The van der Waals surface area contributed by atoms with E-state index >= 15 is 0 Å². The number of thioether (sulfide) groups is 1. The van der Waals surface area contributed by atoms with Gasteiger partial charge in [-0.1, -0.05) is 23.7 Å². The third-order valence-corrected chi connectivity index (χ3v) is 5.41. The fourth-order valence-electron chi connectivity index (χ4n) is 2.66. The molecule has 2 aromatic carbocycles. The normalized spacial score (nSPS) is 13.9. The molecule has 0 atom stereocenters. The van der Waals surface area contributed by atoms with Crippen LogP contribution in [-0.4, -0.2) is 43.1 Å². The number of halogens is 1. The molecule has 0 bridgehead atoms. The van der Waals surface area contributed by atoms with E-state index in [-0.39, 0.29) is 16.8 Å². The Morgan fingerprint density at radius 3 is 2.59 bits per heavy atom. The van der Waals surface area contributed by atoms with Gasteiger partial charge in [0.05, 0.1) is 30.3 Å². The Morgan fingerprint density at radius 1 is 1.15 bits per heavy atom. The van der Waals surface area contributed by atoms with Crippen molar-refractivity contribution in [2.24, 2.45) is 0 Å². The number of para-hydroxylation sites is 2. The minimum atomic E-state index is -0.156. The third kappa shape index (κ3) is 6.10. The zero-order chi connectivity index (χ0) is 19.1. The maximum absolute atomic E-state index is 12.2. The second-order valence-corrected chi connectivity index (χ2v) is 7.75. The topological polar surface area (TPSA) is 53.6 Å². The molecule has 1 saturated heterocycles. The molecule has 3 rings (SSSR count). The molecule has 2 aromatic rings. The van der Waals surface area contributed by atoms with Crippen LogP contribution in [0.15, 0.2) is 53.4 Å². The summed E-state index contributed by atoms with van der Waals surface area (Å²) in [4.78, 5) is 15.4. The van der Waals surface area contributed by atoms with Crippen LogP contribution < -0.4 is 15.5 Å². The number of carbonyl (C=O) groups is 1. The first-order valence-corrected chi connectivity index (χ1v) is 10.3. The number of amides is 1. The molecule has 142 valence electrons. The number of thiocarbonyl (C=S) groups is 1. The van der Waals surface area contributed by atoms with Gasteiger partial charge in [-0.2, -0.15) is 0 Å². The number of morpholine rings is 1. The fraction of sp³-hybridized carbons (Fsp3) is 0.263. The lowest BCUT2D eigenvalue weighted by atomic mass is 10.2. The highest BCUT2D eigenvalue weighted by Gasteiger charge is 2.15. The molecule has 0 saturated carbocycles. The molecule has 2 N–H and O–H groups in total. The largest absolute Gasteiger partial charge is 0.378 e. The van der Waals surface area contributed by atoms with Crippen LogP contribution in [0.5, 0.6) is 0 Å². The van der Waals surface area contributed by atoms with Gasteiger partial charge in [-0.15, -0.1) is 11.8 Å². The Morgan fingerprint density at radius 2 is 1.85 bits per heavy atom. The molecule has 0 unspecified atom stereocenters. The first kappa shape index (κ1) is 19.9. The van der Waals surface area contributed by atoms with E-state index in [0.29, 0.717) is 18.2 Å². The summed E-state index contributed by atoms with van der Waals surface area (Å²) in [7, 11) is 0. The van der Waals surface area contributed by atoms with Crippen molar-refractivity contribution in [2.75, 3.05) is 42.3 Å².